The van der Waals surface area contributed by atoms with Gasteiger partial charge in [0, 0.05) is 35.7 Å². The lowest BCUT2D eigenvalue weighted by atomic mass is 10.0. The van der Waals surface area contributed by atoms with Gasteiger partial charge in [-0.25, -0.2) is 17.9 Å². The molecule has 0 aliphatic carbocycles. The van der Waals surface area contributed by atoms with Crippen molar-refractivity contribution in [2.75, 3.05) is 25.5 Å². The van der Waals surface area contributed by atoms with Gasteiger partial charge in [-0.15, -0.1) is 0 Å². The average molecular weight is 548 g/mol. The number of amides is 1. The van der Waals surface area contributed by atoms with Crippen molar-refractivity contribution in [2.24, 2.45) is 0 Å². The zero-order valence-corrected chi connectivity index (χ0v) is 23.0. The third-order valence-electron chi connectivity index (χ3n) is 6.77. The van der Waals surface area contributed by atoms with Crippen LogP contribution in [0.2, 0.25) is 0 Å². The van der Waals surface area contributed by atoms with Crippen molar-refractivity contribution in [3.8, 4) is 16.9 Å². The Morgan fingerprint density at radius 3 is 2.46 bits per heavy atom. The van der Waals surface area contributed by atoms with Crippen LogP contribution in [0.3, 0.4) is 0 Å². The molecule has 1 N–H and O–H groups in total. The molecule has 39 heavy (non-hydrogen) atoms. The Labute approximate surface area is 226 Å². The number of methoxy groups -OCH3 is 1. The maximum Gasteiger partial charge on any atom is 0.276 e. The molecule has 2 aromatic carbocycles. The van der Waals surface area contributed by atoms with E-state index in [4.69, 9.17) is 4.74 Å². The monoisotopic (exact) mass is 547 g/mol. The van der Waals surface area contributed by atoms with Crippen LogP contribution in [0.25, 0.3) is 16.8 Å². The summed E-state index contributed by atoms with van der Waals surface area (Å²) < 4.78 is 35.6. The molecule has 0 unspecified atom stereocenters. The van der Waals surface area contributed by atoms with Gasteiger partial charge in [0.15, 0.2) is 17.1 Å². The summed E-state index contributed by atoms with van der Waals surface area (Å²) in [7, 11) is -2.40. The number of hydrogen-bond donors (Lipinski definition) is 1. The van der Waals surface area contributed by atoms with E-state index >= 15 is 0 Å². The van der Waals surface area contributed by atoms with Gasteiger partial charge in [-0.05, 0) is 69.5 Å². The van der Waals surface area contributed by atoms with Crippen LogP contribution in [0.5, 0.6) is 5.75 Å². The number of Topliss-reactive ketones (excluding diaryl/α,β-unsaturated/α-hetero) is 1. The Hall–Kier alpha value is -4.09. The number of fused-ring (bicyclic) bond motifs is 1. The number of nitrogens with one attached hydrogen (secondary N) is 1. The Kier molecular flexibility index (Phi) is 6.96. The van der Waals surface area contributed by atoms with Crippen molar-refractivity contribution in [3.63, 3.8) is 0 Å². The van der Waals surface area contributed by atoms with E-state index in [0.717, 1.165) is 24.2 Å². The number of carbonyl (C=O) groups excluding carboxylic acids is 2. The average Bonchev–Trinajstić information content (AvgIpc) is 3.58. The minimum absolute atomic E-state index is 0.0219. The van der Waals surface area contributed by atoms with Gasteiger partial charge in [-0.2, -0.15) is 9.40 Å². The molecule has 11 heteroatoms. The highest BCUT2D eigenvalue weighted by molar-refractivity contribution is 7.89. The maximum absolute atomic E-state index is 13.6. The van der Waals surface area contributed by atoms with E-state index in [1.165, 1.54) is 24.4 Å². The first-order valence-electron chi connectivity index (χ1n) is 12.6. The van der Waals surface area contributed by atoms with Crippen LogP contribution in [-0.4, -0.2) is 59.2 Å². The number of benzene rings is 2. The second-order valence-corrected chi connectivity index (χ2v) is 11.5. The molecule has 2 aromatic heterocycles. The van der Waals surface area contributed by atoms with E-state index in [0.29, 0.717) is 41.1 Å². The van der Waals surface area contributed by atoms with Gasteiger partial charge in [0.2, 0.25) is 10.0 Å². The zero-order chi connectivity index (χ0) is 27.9. The number of aryl methyl sites for hydroxylation is 2. The van der Waals surface area contributed by atoms with Gasteiger partial charge >= 0.3 is 0 Å². The Morgan fingerprint density at radius 2 is 1.77 bits per heavy atom. The molecule has 0 spiro atoms. The molecule has 202 valence electrons. The number of hydrogen-bond acceptors (Lipinski definition) is 7. The molecule has 0 atom stereocenters. The van der Waals surface area contributed by atoms with E-state index < -0.39 is 15.9 Å². The molecular weight excluding hydrogens is 518 g/mol. The van der Waals surface area contributed by atoms with Crippen LogP contribution in [0.1, 0.15) is 52.0 Å². The number of nitrogens with zero attached hydrogens (tertiary/aromatic N) is 4. The van der Waals surface area contributed by atoms with Gasteiger partial charge in [-0.3, -0.25) is 9.59 Å². The van der Waals surface area contributed by atoms with Crippen LogP contribution < -0.4 is 10.1 Å². The van der Waals surface area contributed by atoms with E-state index in [9.17, 15) is 18.0 Å². The highest BCUT2D eigenvalue weighted by atomic mass is 32.2. The first-order chi connectivity index (χ1) is 18.6. The summed E-state index contributed by atoms with van der Waals surface area (Å²) in [5.74, 6) is -0.428. The summed E-state index contributed by atoms with van der Waals surface area (Å²) in [6, 6.07) is 13.3. The maximum atomic E-state index is 13.6. The standard InChI is InChI=1S/C28H29N5O5S/c1-17-14-18(2)33-27(29-17)25(26(31-33)28(35)30-22-9-7-8-20(15-22)19(3)34)21-10-11-23(38-4)24(16-21)39(36,37)32-12-5-6-13-32/h7-11,14-16H,5-6,12-13H2,1-4H3,(H,30,35). The first kappa shape index (κ1) is 26.5. The lowest BCUT2D eigenvalue weighted by molar-refractivity contribution is 0.100. The number of sulfonamides is 1. The molecule has 10 nitrogen and oxygen atoms in total. The zero-order valence-electron chi connectivity index (χ0n) is 22.2. The predicted octanol–water partition coefficient (Wildman–Crippen LogP) is 4.26. The lowest BCUT2D eigenvalue weighted by Gasteiger charge is -2.18. The molecule has 4 aromatic rings. The van der Waals surface area contributed by atoms with Crippen molar-refractivity contribution in [1.82, 2.24) is 18.9 Å². The van der Waals surface area contributed by atoms with E-state index in [-0.39, 0.29) is 22.1 Å². The first-order valence-corrected chi connectivity index (χ1v) is 14.0. The Balaban J connectivity index is 1.68. The van der Waals surface area contributed by atoms with Crippen molar-refractivity contribution >= 4 is 33.0 Å². The van der Waals surface area contributed by atoms with Crippen molar-refractivity contribution in [3.05, 3.63) is 71.2 Å². The van der Waals surface area contributed by atoms with Crippen LogP contribution in [0.15, 0.2) is 53.4 Å². The SMILES string of the molecule is COc1ccc(-c2c(C(=O)Nc3cccc(C(C)=O)c3)nn3c(C)cc(C)nc23)cc1S(=O)(=O)N1CCCC1. The van der Waals surface area contributed by atoms with E-state index in [1.54, 1.807) is 40.9 Å². The minimum Gasteiger partial charge on any atom is -0.495 e. The fraction of sp³-hybridized carbons (Fsp3) is 0.286. The van der Waals surface area contributed by atoms with Crippen LogP contribution >= 0.6 is 0 Å². The smallest absolute Gasteiger partial charge is 0.276 e. The molecule has 1 amide bonds. The molecule has 1 aliphatic heterocycles. The molecule has 1 saturated heterocycles. The van der Waals surface area contributed by atoms with Crippen molar-refractivity contribution < 1.29 is 22.7 Å². The van der Waals surface area contributed by atoms with Crippen LogP contribution in [0.4, 0.5) is 5.69 Å². The van der Waals surface area contributed by atoms with E-state index in [1.807, 2.05) is 19.9 Å². The summed E-state index contributed by atoms with van der Waals surface area (Å²) in [5, 5.41) is 7.40. The molecule has 1 aliphatic rings. The third-order valence-corrected chi connectivity index (χ3v) is 8.69. The number of ether oxygens (including phenoxy) is 1. The fourth-order valence-corrected chi connectivity index (χ4v) is 6.55. The van der Waals surface area contributed by atoms with E-state index in [2.05, 4.69) is 15.4 Å². The number of aromatic nitrogens is 3. The molecular formula is C28H29N5O5S. The van der Waals surface area contributed by atoms with Gasteiger partial charge < -0.3 is 10.1 Å². The molecule has 5 rings (SSSR count). The predicted molar refractivity (Wildman–Crippen MR) is 147 cm³/mol. The molecule has 0 radical (unpaired) electrons. The fourth-order valence-electron chi connectivity index (χ4n) is 4.85. The quantitative estimate of drug-likeness (QED) is 0.343. The second kappa shape index (κ2) is 10.2. The van der Waals surface area contributed by atoms with Crippen molar-refractivity contribution in [2.45, 2.75) is 38.5 Å². The largest absolute Gasteiger partial charge is 0.495 e. The molecule has 1 fully saturated rings. The summed E-state index contributed by atoms with van der Waals surface area (Å²) in [4.78, 5) is 30.1. The summed E-state index contributed by atoms with van der Waals surface area (Å²) in [5.41, 5.74) is 3.72. The highest BCUT2D eigenvalue weighted by Gasteiger charge is 2.32. The number of anilines is 1. The van der Waals surface area contributed by atoms with Gasteiger partial charge in [0.25, 0.3) is 5.91 Å². The lowest BCUT2D eigenvalue weighted by Crippen LogP contribution is -2.28. The Morgan fingerprint density at radius 1 is 1.03 bits per heavy atom. The Bertz CT molecular complexity index is 1720. The van der Waals surface area contributed by atoms with Gasteiger partial charge in [0.05, 0.1) is 12.7 Å². The molecule has 3 heterocycles. The number of ketones is 1. The normalized spacial score (nSPS) is 14.1. The minimum atomic E-state index is -3.83. The van der Waals surface area contributed by atoms with Crippen molar-refractivity contribution in [1.29, 1.82) is 0 Å². The van der Waals surface area contributed by atoms with Gasteiger partial charge in [0.1, 0.15) is 10.6 Å². The second-order valence-electron chi connectivity index (χ2n) is 9.57. The number of rotatable bonds is 7. The molecule has 0 bridgehead atoms. The number of carbonyl (C=O) groups is 2. The summed E-state index contributed by atoms with van der Waals surface area (Å²) in [6.07, 6.45) is 1.60. The van der Waals surface area contributed by atoms with Crippen LogP contribution in [0, 0.1) is 13.8 Å². The van der Waals surface area contributed by atoms with Crippen LogP contribution in [-0.2, 0) is 10.0 Å². The van der Waals surface area contributed by atoms with Gasteiger partial charge in [-0.1, -0.05) is 18.2 Å². The molecule has 0 saturated carbocycles. The highest BCUT2D eigenvalue weighted by Crippen LogP contribution is 2.36. The summed E-state index contributed by atoms with van der Waals surface area (Å²) >= 11 is 0. The third kappa shape index (κ3) is 4.90. The topological polar surface area (TPSA) is 123 Å². The summed E-state index contributed by atoms with van der Waals surface area (Å²) in [6.45, 7) is 6.04.